The molecule has 88 valence electrons. The van der Waals surface area contributed by atoms with E-state index in [1.807, 2.05) is 33.8 Å². The molecule has 0 aliphatic carbocycles. The summed E-state index contributed by atoms with van der Waals surface area (Å²) < 4.78 is 9.98. The highest BCUT2D eigenvalue weighted by Crippen LogP contribution is 2.23. The van der Waals surface area contributed by atoms with Crippen molar-refractivity contribution in [3.63, 3.8) is 0 Å². The number of ether oxygens (including phenoxy) is 2. The molecule has 3 nitrogen and oxygen atoms in total. The van der Waals surface area contributed by atoms with Gasteiger partial charge in [0.25, 0.3) is 0 Å². The van der Waals surface area contributed by atoms with Gasteiger partial charge in [-0.25, -0.2) is 4.79 Å². The van der Waals surface area contributed by atoms with Crippen LogP contribution in [0, 0.1) is 20.8 Å². The summed E-state index contributed by atoms with van der Waals surface area (Å²) in [4.78, 5) is 11.3. The number of rotatable bonds is 3. The number of hydrogen-bond donors (Lipinski definition) is 0. The summed E-state index contributed by atoms with van der Waals surface area (Å²) in [6.45, 7) is 8.30. The van der Waals surface area contributed by atoms with Crippen LogP contribution in [-0.2, 0) is 4.74 Å². The van der Waals surface area contributed by atoms with Crippen LogP contribution in [-0.4, -0.2) is 12.8 Å². The van der Waals surface area contributed by atoms with E-state index in [4.69, 9.17) is 9.47 Å². The zero-order valence-electron chi connectivity index (χ0n) is 10.3. The van der Waals surface area contributed by atoms with Crippen LogP contribution < -0.4 is 4.74 Å². The molecule has 16 heavy (non-hydrogen) atoms. The largest absolute Gasteiger partial charge is 0.513 e. The van der Waals surface area contributed by atoms with E-state index in [1.54, 1.807) is 6.07 Å². The zero-order valence-corrected chi connectivity index (χ0v) is 10.3. The summed E-state index contributed by atoms with van der Waals surface area (Å²) in [7, 11) is 0. The minimum atomic E-state index is -0.631. The Balaban J connectivity index is 2.74. The predicted molar refractivity (Wildman–Crippen MR) is 62.9 cm³/mol. The van der Waals surface area contributed by atoms with Crippen molar-refractivity contribution in [2.45, 2.75) is 34.1 Å². The lowest BCUT2D eigenvalue weighted by atomic mass is 10.0. The highest BCUT2D eigenvalue weighted by atomic mass is 16.7. The van der Waals surface area contributed by atoms with Crippen molar-refractivity contribution in [3.05, 3.63) is 28.8 Å². The molecule has 0 spiro atoms. The summed E-state index contributed by atoms with van der Waals surface area (Å²) in [5.74, 6) is 0.573. The van der Waals surface area contributed by atoms with Crippen LogP contribution in [0.5, 0.6) is 5.75 Å². The average molecular weight is 222 g/mol. The third-order valence-electron chi connectivity index (χ3n) is 2.63. The summed E-state index contributed by atoms with van der Waals surface area (Å²) in [6, 6.07) is 3.73. The number of carbonyl (C=O) groups is 1. The highest BCUT2D eigenvalue weighted by Gasteiger charge is 2.10. The van der Waals surface area contributed by atoms with Crippen molar-refractivity contribution >= 4 is 6.16 Å². The summed E-state index contributed by atoms with van der Waals surface area (Å²) >= 11 is 0. The fourth-order valence-corrected chi connectivity index (χ4v) is 1.35. The van der Waals surface area contributed by atoms with E-state index in [0.29, 0.717) is 12.4 Å². The van der Waals surface area contributed by atoms with Gasteiger partial charge in [0, 0.05) is 0 Å². The molecule has 0 radical (unpaired) electrons. The van der Waals surface area contributed by atoms with Gasteiger partial charge in [0.15, 0.2) is 0 Å². The van der Waals surface area contributed by atoms with Gasteiger partial charge in [-0.1, -0.05) is 13.0 Å². The lowest BCUT2D eigenvalue weighted by molar-refractivity contribution is 0.0989. The minimum Gasteiger partial charge on any atom is -0.434 e. The Labute approximate surface area is 96.4 Å². The first-order chi connectivity index (χ1) is 7.56. The fraction of sp³-hybridized carbons (Fsp3) is 0.462. The van der Waals surface area contributed by atoms with Crippen LogP contribution in [0.15, 0.2) is 12.1 Å². The molecule has 1 aromatic rings. The van der Waals surface area contributed by atoms with E-state index < -0.39 is 6.16 Å². The molecule has 0 bridgehead atoms. The first-order valence-corrected chi connectivity index (χ1v) is 5.47. The van der Waals surface area contributed by atoms with Crippen LogP contribution >= 0.6 is 0 Å². The molecule has 0 atom stereocenters. The Morgan fingerprint density at radius 1 is 1.19 bits per heavy atom. The van der Waals surface area contributed by atoms with Gasteiger partial charge in [0.05, 0.1) is 6.61 Å². The normalized spacial score (nSPS) is 10.0. The smallest absolute Gasteiger partial charge is 0.434 e. The van der Waals surface area contributed by atoms with Gasteiger partial charge in [-0.15, -0.1) is 0 Å². The lowest BCUT2D eigenvalue weighted by Crippen LogP contribution is -2.12. The van der Waals surface area contributed by atoms with Crippen molar-refractivity contribution in [2.24, 2.45) is 0 Å². The second kappa shape index (κ2) is 5.54. The van der Waals surface area contributed by atoms with E-state index in [9.17, 15) is 4.79 Å². The molecule has 0 saturated heterocycles. The van der Waals surface area contributed by atoms with Crippen molar-refractivity contribution < 1.29 is 14.3 Å². The molecular formula is C13H18O3. The van der Waals surface area contributed by atoms with Gasteiger partial charge < -0.3 is 9.47 Å². The van der Waals surface area contributed by atoms with E-state index in [-0.39, 0.29) is 0 Å². The summed E-state index contributed by atoms with van der Waals surface area (Å²) in [6.07, 6.45) is 0.161. The Hall–Kier alpha value is -1.51. The van der Waals surface area contributed by atoms with Gasteiger partial charge in [-0.2, -0.15) is 0 Å². The van der Waals surface area contributed by atoms with Gasteiger partial charge >= 0.3 is 6.16 Å². The fourth-order valence-electron chi connectivity index (χ4n) is 1.35. The molecule has 0 amide bonds. The van der Waals surface area contributed by atoms with Gasteiger partial charge in [0.2, 0.25) is 0 Å². The van der Waals surface area contributed by atoms with Crippen LogP contribution in [0.4, 0.5) is 4.79 Å². The van der Waals surface area contributed by atoms with E-state index in [0.717, 1.165) is 17.5 Å². The molecule has 0 saturated carbocycles. The Morgan fingerprint density at radius 3 is 2.50 bits per heavy atom. The van der Waals surface area contributed by atoms with Gasteiger partial charge in [-0.05, 0) is 49.9 Å². The van der Waals surface area contributed by atoms with Crippen molar-refractivity contribution in [3.8, 4) is 5.75 Å². The average Bonchev–Trinajstić information content (AvgIpc) is 2.27. The SMILES string of the molecule is CCCOC(=O)Oc1ccc(C)c(C)c1C. The third kappa shape index (κ3) is 2.99. The van der Waals surface area contributed by atoms with Gasteiger partial charge in [0.1, 0.15) is 5.75 Å². The second-order valence-electron chi connectivity index (χ2n) is 3.83. The van der Waals surface area contributed by atoms with E-state index >= 15 is 0 Å². The molecule has 3 heteroatoms. The van der Waals surface area contributed by atoms with E-state index in [1.165, 1.54) is 5.56 Å². The van der Waals surface area contributed by atoms with Crippen LogP contribution in [0.1, 0.15) is 30.0 Å². The minimum absolute atomic E-state index is 0.392. The first kappa shape index (κ1) is 12.6. The van der Waals surface area contributed by atoms with Crippen LogP contribution in [0.2, 0.25) is 0 Å². The number of carbonyl (C=O) groups excluding carboxylic acids is 1. The Bertz CT molecular complexity index is 383. The lowest BCUT2D eigenvalue weighted by Gasteiger charge is -2.11. The van der Waals surface area contributed by atoms with Crippen molar-refractivity contribution in [1.82, 2.24) is 0 Å². The predicted octanol–water partition coefficient (Wildman–Crippen LogP) is 3.54. The number of benzene rings is 1. The quantitative estimate of drug-likeness (QED) is 0.579. The van der Waals surface area contributed by atoms with Gasteiger partial charge in [-0.3, -0.25) is 0 Å². The Morgan fingerprint density at radius 2 is 1.88 bits per heavy atom. The highest BCUT2D eigenvalue weighted by molar-refractivity contribution is 5.65. The van der Waals surface area contributed by atoms with E-state index in [2.05, 4.69) is 0 Å². The molecule has 1 aromatic carbocycles. The molecule has 0 N–H and O–H groups in total. The standard InChI is InChI=1S/C13H18O3/c1-5-8-15-13(14)16-12-7-6-9(2)10(3)11(12)4/h6-7H,5,8H2,1-4H3. The maximum atomic E-state index is 11.3. The summed E-state index contributed by atoms with van der Waals surface area (Å²) in [5.41, 5.74) is 3.31. The van der Waals surface area contributed by atoms with Crippen molar-refractivity contribution in [2.75, 3.05) is 6.61 Å². The van der Waals surface area contributed by atoms with Crippen LogP contribution in [0.3, 0.4) is 0 Å². The zero-order chi connectivity index (χ0) is 12.1. The maximum absolute atomic E-state index is 11.3. The van der Waals surface area contributed by atoms with Crippen LogP contribution in [0.25, 0.3) is 0 Å². The Kier molecular flexibility index (Phi) is 4.35. The topological polar surface area (TPSA) is 35.5 Å². The number of hydrogen-bond acceptors (Lipinski definition) is 3. The molecule has 0 aliphatic heterocycles. The molecule has 0 aromatic heterocycles. The maximum Gasteiger partial charge on any atom is 0.513 e. The molecule has 0 fully saturated rings. The monoisotopic (exact) mass is 222 g/mol. The molecule has 0 heterocycles. The molecule has 1 rings (SSSR count). The third-order valence-corrected chi connectivity index (χ3v) is 2.63. The van der Waals surface area contributed by atoms with Crippen molar-refractivity contribution in [1.29, 1.82) is 0 Å². The first-order valence-electron chi connectivity index (χ1n) is 5.47. The molecule has 0 unspecified atom stereocenters. The molecule has 0 aliphatic rings. The number of aryl methyl sites for hydroxylation is 1. The second-order valence-corrected chi connectivity index (χ2v) is 3.83. The molecular weight excluding hydrogens is 204 g/mol. The summed E-state index contributed by atoms with van der Waals surface area (Å²) in [5, 5.41) is 0.